The van der Waals surface area contributed by atoms with Crippen LogP contribution in [0.15, 0.2) is 24.3 Å². The first-order valence-electron chi connectivity index (χ1n) is 7.59. The second-order valence-electron chi connectivity index (χ2n) is 6.31. The molecule has 1 aliphatic heterocycles. The highest BCUT2D eigenvalue weighted by molar-refractivity contribution is 5.85. The van der Waals surface area contributed by atoms with Crippen molar-refractivity contribution < 1.29 is 0 Å². The van der Waals surface area contributed by atoms with Gasteiger partial charge in [-0.25, -0.2) is 0 Å². The van der Waals surface area contributed by atoms with Crippen molar-refractivity contribution in [3.63, 3.8) is 0 Å². The van der Waals surface area contributed by atoms with E-state index in [1.807, 2.05) is 0 Å². The molecule has 0 spiro atoms. The topological polar surface area (TPSA) is 19.0 Å². The second kappa shape index (κ2) is 4.11. The summed E-state index contributed by atoms with van der Waals surface area (Å²) in [6.07, 6.45) is 3.92. The highest BCUT2D eigenvalue weighted by Crippen LogP contribution is 2.49. The lowest BCUT2D eigenvalue weighted by Gasteiger charge is -2.47. The predicted octanol–water partition coefficient (Wildman–Crippen LogP) is 3.74. The summed E-state index contributed by atoms with van der Waals surface area (Å²) in [5.41, 5.74) is 4.43. The molecule has 1 aliphatic carbocycles. The highest BCUT2D eigenvalue weighted by Gasteiger charge is 2.42. The first-order chi connectivity index (χ1) is 9.29. The SMILES string of the molecule is CC[C@H]1[C@@H]2CCN(C)[C@H]1c1c([nH]c3ccccc13)C2. The van der Waals surface area contributed by atoms with Crippen LogP contribution in [0.5, 0.6) is 0 Å². The summed E-state index contributed by atoms with van der Waals surface area (Å²) in [5.74, 6) is 1.72. The Bertz CT molecular complexity index is 613. The maximum atomic E-state index is 3.68. The van der Waals surface area contributed by atoms with Crippen LogP contribution in [0.2, 0.25) is 0 Å². The molecule has 0 amide bonds. The van der Waals surface area contributed by atoms with E-state index in [2.05, 4.69) is 48.1 Å². The Labute approximate surface area is 114 Å². The number of para-hydroxylation sites is 1. The molecule has 19 heavy (non-hydrogen) atoms. The number of nitrogens with zero attached hydrogens (tertiary/aromatic N) is 1. The third-order valence-electron chi connectivity index (χ3n) is 5.40. The van der Waals surface area contributed by atoms with Crippen LogP contribution in [0.1, 0.15) is 37.1 Å². The Hall–Kier alpha value is -1.28. The molecule has 3 atom stereocenters. The van der Waals surface area contributed by atoms with Crippen molar-refractivity contribution in [1.29, 1.82) is 0 Å². The minimum absolute atomic E-state index is 0.628. The number of H-pyrrole nitrogens is 1. The van der Waals surface area contributed by atoms with Crippen LogP contribution >= 0.6 is 0 Å². The van der Waals surface area contributed by atoms with E-state index >= 15 is 0 Å². The van der Waals surface area contributed by atoms with E-state index in [-0.39, 0.29) is 0 Å². The van der Waals surface area contributed by atoms with Gasteiger partial charge >= 0.3 is 0 Å². The molecular weight excluding hydrogens is 232 g/mol. The van der Waals surface area contributed by atoms with Crippen molar-refractivity contribution in [2.75, 3.05) is 13.6 Å². The zero-order valence-corrected chi connectivity index (χ0v) is 11.8. The van der Waals surface area contributed by atoms with Crippen LogP contribution in [0.4, 0.5) is 0 Å². The molecule has 1 fully saturated rings. The van der Waals surface area contributed by atoms with Gasteiger partial charge in [0.2, 0.25) is 0 Å². The van der Waals surface area contributed by atoms with Crippen LogP contribution in [0.3, 0.4) is 0 Å². The molecule has 0 saturated carbocycles. The molecule has 100 valence electrons. The molecular formula is C17H22N2. The summed E-state index contributed by atoms with van der Waals surface area (Å²) in [6.45, 7) is 3.62. The van der Waals surface area contributed by atoms with Crippen LogP contribution in [0.25, 0.3) is 10.9 Å². The molecule has 0 radical (unpaired) electrons. The number of nitrogens with one attached hydrogen (secondary N) is 1. The van der Waals surface area contributed by atoms with Crippen molar-refractivity contribution >= 4 is 10.9 Å². The number of fused-ring (bicyclic) bond motifs is 6. The van der Waals surface area contributed by atoms with Gasteiger partial charge in [-0.2, -0.15) is 0 Å². The quantitative estimate of drug-likeness (QED) is 0.821. The van der Waals surface area contributed by atoms with Gasteiger partial charge in [-0.3, -0.25) is 4.90 Å². The first-order valence-corrected chi connectivity index (χ1v) is 7.59. The minimum Gasteiger partial charge on any atom is -0.358 e. The van der Waals surface area contributed by atoms with Crippen molar-refractivity contribution in [3.8, 4) is 0 Å². The smallest absolute Gasteiger partial charge is 0.0459 e. The lowest BCUT2D eigenvalue weighted by Crippen LogP contribution is -2.44. The fourth-order valence-corrected chi connectivity index (χ4v) is 4.53. The van der Waals surface area contributed by atoms with Gasteiger partial charge in [-0.15, -0.1) is 0 Å². The van der Waals surface area contributed by atoms with Crippen LogP contribution in [-0.2, 0) is 6.42 Å². The molecule has 2 heteroatoms. The van der Waals surface area contributed by atoms with E-state index in [0.29, 0.717) is 6.04 Å². The van der Waals surface area contributed by atoms with Gasteiger partial charge in [0.1, 0.15) is 0 Å². The number of hydrogen-bond acceptors (Lipinski definition) is 1. The van der Waals surface area contributed by atoms with E-state index in [4.69, 9.17) is 0 Å². The number of rotatable bonds is 1. The Morgan fingerprint density at radius 2 is 2.16 bits per heavy atom. The standard InChI is InChI=1S/C17H22N2/c1-3-12-11-8-9-19(2)17(12)16-13-6-4-5-7-14(13)18-15(16)10-11/h4-7,11-12,17-18H,3,8-10H2,1-2H3/t11-,12+,17-/m1/s1. The Balaban J connectivity index is 1.96. The Morgan fingerprint density at radius 3 is 3.00 bits per heavy atom. The number of aromatic nitrogens is 1. The summed E-state index contributed by atoms with van der Waals surface area (Å²) in [5, 5.41) is 1.45. The second-order valence-corrected chi connectivity index (χ2v) is 6.31. The van der Waals surface area contributed by atoms with Gasteiger partial charge in [0.15, 0.2) is 0 Å². The largest absolute Gasteiger partial charge is 0.358 e. The molecule has 1 saturated heterocycles. The fraction of sp³-hybridized carbons (Fsp3) is 0.529. The number of piperidine rings is 1. The van der Waals surface area contributed by atoms with E-state index < -0.39 is 0 Å². The number of likely N-dealkylation sites (tertiary alicyclic amines) is 1. The average molecular weight is 254 g/mol. The summed E-state index contributed by atoms with van der Waals surface area (Å²) in [6, 6.07) is 9.45. The van der Waals surface area contributed by atoms with Gasteiger partial charge in [0.05, 0.1) is 0 Å². The molecule has 1 aromatic carbocycles. The van der Waals surface area contributed by atoms with E-state index in [1.165, 1.54) is 42.4 Å². The molecule has 2 nitrogen and oxygen atoms in total. The third kappa shape index (κ3) is 1.53. The van der Waals surface area contributed by atoms with Crippen molar-refractivity contribution in [2.45, 2.75) is 32.2 Å². The summed E-state index contributed by atoms with van der Waals surface area (Å²) < 4.78 is 0. The summed E-state index contributed by atoms with van der Waals surface area (Å²) in [4.78, 5) is 6.27. The number of aromatic amines is 1. The predicted molar refractivity (Wildman–Crippen MR) is 79.3 cm³/mol. The maximum Gasteiger partial charge on any atom is 0.0459 e. The van der Waals surface area contributed by atoms with Gasteiger partial charge in [0, 0.05) is 22.6 Å². The van der Waals surface area contributed by atoms with Crippen molar-refractivity contribution in [2.24, 2.45) is 11.8 Å². The van der Waals surface area contributed by atoms with Gasteiger partial charge < -0.3 is 4.98 Å². The molecule has 4 rings (SSSR count). The summed E-state index contributed by atoms with van der Waals surface area (Å²) in [7, 11) is 2.31. The maximum absolute atomic E-state index is 3.68. The highest BCUT2D eigenvalue weighted by atomic mass is 15.1. The molecule has 1 N–H and O–H groups in total. The molecule has 0 unspecified atom stereocenters. The van der Waals surface area contributed by atoms with Gasteiger partial charge in [-0.1, -0.05) is 31.5 Å². The molecule has 2 bridgehead atoms. The Kier molecular flexibility index (Phi) is 2.49. The molecule has 2 heterocycles. The number of benzene rings is 1. The number of hydrogen-bond donors (Lipinski definition) is 1. The van der Waals surface area contributed by atoms with Crippen LogP contribution < -0.4 is 0 Å². The molecule has 2 aromatic rings. The lowest BCUT2D eigenvalue weighted by atomic mass is 9.69. The van der Waals surface area contributed by atoms with Crippen molar-refractivity contribution in [1.82, 2.24) is 9.88 Å². The average Bonchev–Trinajstić information content (AvgIpc) is 2.79. The zero-order chi connectivity index (χ0) is 13.0. The Morgan fingerprint density at radius 1 is 1.32 bits per heavy atom. The first kappa shape index (κ1) is 11.5. The molecule has 1 aromatic heterocycles. The van der Waals surface area contributed by atoms with Crippen molar-refractivity contribution in [3.05, 3.63) is 35.5 Å². The normalized spacial score (nSPS) is 30.5. The van der Waals surface area contributed by atoms with Gasteiger partial charge in [-0.05, 0) is 49.9 Å². The zero-order valence-electron chi connectivity index (χ0n) is 11.8. The lowest BCUT2D eigenvalue weighted by molar-refractivity contribution is 0.0535. The monoisotopic (exact) mass is 254 g/mol. The van der Waals surface area contributed by atoms with E-state index in [9.17, 15) is 0 Å². The van der Waals surface area contributed by atoms with E-state index in [0.717, 1.165) is 11.8 Å². The molecule has 2 aliphatic rings. The summed E-state index contributed by atoms with van der Waals surface area (Å²) >= 11 is 0. The third-order valence-corrected chi connectivity index (χ3v) is 5.40. The van der Waals surface area contributed by atoms with Gasteiger partial charge in [0.25, 0.3) is 0 Å². The fourth-order valence-electron chi connectivity index (χ4n) is 4.53. The van der Waals surface area contributed by atoms with Crippen LogP contribution in [-0.4, -0.2) is 23.5 Å². The minimum atomic E-state index is 0.628. The van der Waals surface area contributed by atoms with Crippen LogP contribution in [0, 0.1) is 11.8 Å². The van der Waals surface area contributed by atoms with E-state index in [1.54, 1.807) is 5.56 Å².